The molecule has 0 saturated heterocycles. The Morgan fingerprint density at radius 2 is 0.679 bits per heavy atom. The fourth-order valence-electron chi connectivity index (χ4n) is 9.20. The summed E-state index contributed by atoms with van der Waals surface area (Å²) in [6, 6.07) is 58.0. The molecule has 2 heterocycles. The summed E-state index contributed by atoms with van der Waals surface area (Å²) in [5, 5.41) is 10.1. The number of nitrogens with zero attached hydrogens (tertiary/aromatic N) is 2. The molecule has 0 aromatic heterocycles. The average Bonchev–Trinajstić information content (AvgIpc) is 3.16. The number of hydrogen-bond acceptors (Lipinski definition) is 2. The molecule has 0 atom stereocenters. The quantitative estimate of drug-likeness (QED) is 0.168. The molecule has 0 radical (unpaired) electrons. The summed E-state index contributed by atoms with van der Waals surface area (Å²) in [5.41, 5.74) is 16.4. The normalized spacial score (nSPS) is 13.2. The van der Waals surface area contributed by atoms with Gasteiger partial charge in [-0.3, -0.25) is 0 Å². The second-order valence-electron chi connectivity index (χ2n) is 15.4. The summed E-state index contributed by atoms with van der Waals surface area (Å²) in [6.07, 6.45) is 0. The molecule has 0 N–H and O–H groups in total. The molecule has 0 aliphatic carbocycles. The van der Waals surface area contributed by atoms with Crippen molar-refractivity contribution in [1.82, 2.24) is 0 Å². The molecule has 9 aromatic rings. The van der Waals surface area contributed by atoms with Crippen molar-refractivity contribution in [3.05, 3.63) is 174 Å². The molecule has 3 heteroatoms. The Kier molecular flexibility index (Phi) is 6.35. The SMILES string of the molecule is Cc1ccc2cc(N3c4cc5cc(C)ccc5cc4B4c5cc6ccc(C)cc6cc5N(c5ccc6cc(C)ccc6c5)c5cccc3c54)ccc2c1. The zero-order valence-corrected chi connectivity index (χ0v) is 30.4. The molecule has 250 valence electrons. The van der Waals surface area contributed by atoms with Crippen molar-refractivity contribution < 1.29 is 0 Å². The highest BCUT2D eigenvalue weighted by Gasteiger charge is 2.43. The lowest BCUT2D eigenvalue weighted by atomic mass is 9.33. The molecular weight excluding hydrogens is 639 g/mol. The Morgan fingerprint density at radius 3 is 1.11 bits per heavy atom. The number of benzene rings is 9. The zero-order chi connectivity index (χ0) is 35.5. The van der Waals surface area contributed by atoms with E-state index in [9.17, 15) is 0 Å². The van der Waals surface area contributed by atoms with Crippen LogP contribution in [0.1, 0.15) is 22.3 Å². The predicted octanol–water partition coefficient (Wildman–Crippen LogP) is 11.6. The van der Waals surface area contributed by atoms with E-state index in [4.69, 9.17) is 0 Å². The van der Waals surface area contributed by atoms with Gasteiger partial charge < -0.3 is 9.80 Å². The van der Waals surface area contributed by atoms with E-state index in [1.54, 1.807) is 0 Å². The van der Waals surface area contributed by atoms with Crippen molar-refractivity contribution in [3.63, 3.8) is 0 Å². The van der Waals surface area contributed by atoms with E-state index in [-0.39, 0.29) is 6.71 Å². The zero-order valence-electron chi connectivity index (χ0n) is 30.4. The van der Waals surface area contributed by atoms with Crippen molar-refractivity contribution in [1.29, 1.82) is 0 Å². The molecule has 2 aliphatic rings. The number of fused-ring (bicyclic) bond motifs is 8. The van der Waals surface area contributed by atoms with Crippen LogP contribution in [0.25, 0.3) is 43.1 Å². The third kappa shape index (κ3) is 4.60. The third-order valence-corrected chi connectivity index (χ3v) is 11.7. The summed E-state index contributed by atoms with van der Waals surface area (Å²) >= 11 is 0. The van der Waals surface area contributed by atoms with Crippen molar-refractivity contribution >= 4 is 100 Å². The fraction of sp³-hybridized carbons (Fsp3) is 0.0800. The predicted molar refractivity (Wildman–Crippen MR) is 229 cm³/mol. The van der Waals surface area contributed by atoms with E-state index in [1.165, 1.54) is 116 Å². The Balaban J connectivity index is 1.24. The van der Waals surface area contributed by atoms with Crippen molar-refractivity contribution in [2.45, 2.75) is 27.7 Å². The van der Waals surface area contributed by atoms with Crippen LogP contribution < -0.4 is 26.2 Å². The first-order valence-corrected chi connectivity index (χ1v) is 18.7. The van der Waals surface area contributed by atoms with Crippen LogP contribution in [0.4, 0.5) is 34.1 Å². The maximum Gasteiger partial charge on any atom is 0.252 e. The van der Waals surface area contributed by atoms with E-state index in [1.807, 2.05) is 0 Å². The van der Waals surface area contributed by atoms with Crippen LogP contribution in [-0.4, -0.2) is 6.71 Å². The lowest BCUT2D eigenvalue weighted by Crippen LogP contribution is -2.61. The van der Waals surface area contributed by atoms with Crippen molar-refractivity contribution in [2.24, 2.45) is 0 Å². The van der Waals surface area contributed by atoms with Gasteiger partial charge in [-0.15, -0.1) is 0 Å². The van der Waals surface area contributed by atoms with E-state index in [0.29, 0.717) is 0 Å². The summed E-state index contributed by atoms with van der Waals surface area (Å²) < 4.78 is 0. The maximum atomic E-state index is 2.53. The van der Waals surface area contributed by atoms with Gasteiger partial charge in [0.1, 0.15) is 0 Å². The molecule has 53 heavy (non-hydrogen) atoms. The molecule has 0 bridgehead atoms. The second kappa shape index (κ2) is 11.1. The number of hydrogen-bond donors (Lipinski definition) is 0. The molecule has 2 nitrogen and oxygen atoms in total. The highest BCUT2D eigenvalue weighted by atomic mass is 15.2. The van der Waals surface area contributed by atoms with E-state index < -0.39 is 0 Å². The molecule has 0 spiro atoms. The number of anilines is 6. The van der Waals surface area contributed by atoms with Gasteiger partial charge in [-0.25, -0.2) is 0 Å². The average molecular weight is 677 g/mol. The molecular formula is C50H37BN2. The lowest BCUT2D eigenvalue weighted by Gasteiger charge is -2.44. The first-order chi connectivity index (χ1) is 25.9. The van der Waals surface area contributed by atoms with Crippen molar-refractivity contribution in [2.75, 3.05) is 9.80 Å². The van der Waals surface area contributed by atoms with Gasteiger partial charge in [0, 0.05) is 34.1 Å². The van der Waals surface area contributed by atoms with Crippen LogP contribution in [-0.2, 0) is 0 Å². The van der Waals surface area contributed by atoms with Crippen LogP contribution in [0, 0.1) is 27.7 Å². The fourth-order valence-corrected chi connectivity index (χ4v) is 9.20. The summed E-state index contributed by atoms with van der Waals surface area (Å²) in [6.45, 7) is 8.78. The van der Waals surface area contributed by atoms with Crippen LogP contribution in [0.5, 0.6) is 0 Å². The van der Waals surface area contributed by atoms with Gasteiger partial charge in [0.25, 0.3) is 6.71 Å². The standard InChI is InChI=1S/C50H37BN2/c1-30-8-12-36-24-42(18-16-34(36)20-30)52-46-6-5-7-47-50(46)51(44-26-38-14-10-32(3)22-40(38)28-48(44)52)45-27-39-15-11-33(4)23-41(39)29-49(45)53(47)43-19-17-35-21-31(2)9-13-37(35)25-43/h5-29H,1-4H3. The van der Waals surface area contributed by atoms with Crippen LogP contribution in [0.2, 0.25) is 0 Å². The first kappa shape index (κ1) is 30.3. The van der Waals surface area contributed by atoms with Gasteiger partial charge >= 0.3 is 0 Å². The summed E-state index contributed by atoms with van der Waals surface area (Å²) in [4.78, 5) is 5.06. The van der Waals surface area contributed by atoms with E-state index in [2.05, 4.69) is 189 Å². The smallest absolute Gasteiger partial charge is 0.252 e. The molecule has 2 aliphatic heterocycles. The van der Waals surface area contributed by atoms with Gasteiger partial charge in [0.05, 0.1) is 0 Å². The largest absolute Gasteiger partial charge is 0.311 e. The molecule has 0 saturated carbocycles. The highest BCUT2D eigenvalue weighted by Crippen LogP contribution is 2.46. The van der Waals surface area contributed by atoms with E-state index >= 15 is 0 Å². The van der Waals surface area contributed by atoms with Gasteiger partial charge in [0.15, 0.2) is 0 Å². The first-order valence-electron chi connectivity index (χ1n) is 18.7. The third-order valence-electron chi connectivity index (χ3n) is 11.7. The molecule has 0 amide bonds. The Labute approximate surface area is 310 Å². The minimum Gasteiger partial charge on any atom is -0.311 e. The molecule has 11 rings (SSSR count). The Bertz CT molecular complexity index is 2830. The van der Waals surface area contributed by atoms with Gasteiger partial charge in [-0.1, -0.05) is 125 Å². The lowest BCUT2D eigenvalue weighted by molar-refractivity contribution is 1.26. The van der Waals surface area contributed by atoms with Gasteiger partial charge in [-0.2, -0.15) is 0 Å². The van der Waals surface area contributed by atoms with Crippen LogP contribution in [0.3, 0.4) is 0 Å². The van der Waals surface area contributed by atoms with Crippen LogP contribution >= 0.6 is 0 Å². The highest BCUT2D eigenvalue weighted by molar-refractivity contribution is 7.00. The monoisotopic (exact) mass is 676 g/mol. The topological polar surface area (TPSA) is 6.48 Å². The summed E-state index contributed by atoms with van der Waals surface area (Å²) in [7, 11) is 0. The Hall–Kier alpha value is -6.32. The van der Waals surface area contributed by atoms with Crippen LogP contribution in [0.15, 0.2) is 152 Å². The van der Waals surface area contributed by atoms with Gasteiger partial charge in [0.2, 0.25) is 0 Å². The molecule has 9 aromatic carbocycles. The maximum absolute atomic E-state index is 2.53. The Morgan fingerprint density at radius 1 is 0.321 bits per heavy atom. The number of rotatable bonds is 2. The second-order valence-corrected chi connectivity index (χ2v) is 15.4. The summed E-state index contributed by atoms with van der Waals surface area (Å²) in [5.74, 6) is 0. The molecule has 0 fully saturated rings. The molecule has 0 unspecified atom stereocenters. The van der Waals surface area contributed by atoms with Gasteiger partial charge in [-0.05, 0) is 136 Å². The minimum absolute atomic E-state index is 0.0568. The minimum atomic E-state index is 0.0568. The number of aryl methyl sites for hydroxylation is 4. The van der Waals surface area contributed by atoms with Crippen molar-refractivity contribution in [3.8, 4) is 0 Å². The van der Waals surface area contributed by atoms with E-state index in [0.717, 1.165) is 0 Å².